The minimum absolute atomic E-state index is 0.0101. The number of halogens is 1. The van der Waals surface area contributed by atoms with Gasteiger partial charge in [0.15, 0.2) is 0 Å². The molecule has 4 heteroatoms. The summed E-state index contributed by atoms with van der Waals surface area (Å²) < 4.78 is 12.8. The maximum absolute atomic E-state index is 12.8. The fraction of sp³-hybridized carbons (Fsp3) is 0.417. The van der Waals surface area contributed by atoms with Crippen LogP contribution in [-0.4, -0.2) is 17.5 Å². The van der Waals surface area contributed by atoms with Gasteiger partial charge in [-0.05, 0) is 38.1 Å². The van der Waals surface area contributed by atoms with E-state index >= 15 is 0 Å². The van der Waals surface area contributed by atoms with Crippen LogP contribution < -0.4 is 10.6 Å². The lowest BCUT2D eigenvalue weighted by Crippen LogP contribution is -2.49. The minimum atomic E-state index is -0.422. The molecule has 0 radical (unpaired) electrons. The number of hydrogen-bond acceptors (Lipinski definition) is 2. The predicted octanol–water partition coefficient (Wildman–Crippen LogP) is 1.67. The maximum atomic E-state index is 12.8. The van der Waals surface area contributed by atoms with Crippen molar-refractivity contribution in [3.05, 3.63) is 30.1 Å². The number of nitrogens with zero attached hydrogens (tertiary/aromatic N) is 1. The molecule has 1 aromatic rings. The van der Waals surface area contributed by atoms with E-state index in [1.165, 1.54) is 12.1 Å². The summed E-state index contributed by atoms with van der Waals surface area (Å²) in [5, 5.41) is 0. The van der Waals surface area contributed by atoms with E-state index in [4.69, 9.17) is 5.73 Å². The largest absolute Gasteiger partial charge is 0.325 e. The Morgan fingerprint density at radius 2 is 1.94 bits per heavy atom. The Kier molecular flexibility index (Phi) is 2.46. The van der Waals surface area contributed by atoms with Crippen LogP contribution in [0.3, 0.4) is 0 Å². The average Bonchev–Trinajstić information content (AvgIpc) is 2.39. The van der Waals surface area contributed by atoms with Gasteiger partial charge in [-0.15, -0.1) is 0 Å². The molecule has 1 amide bonds. The van der Waals surface area contributed by atoms with E-state index in [2.05, 4.69) is 0 Å². The zero-order valence-electron chi connectivity index (χ0n) is 9.40. The molecule has 0 aromatic heterocycles. The van der Waals surface area contributed by atoms with Gasteiger partial charge in [-0.3, -0.25) is 4.79 Å². The topological polar surface area (TPSA) is 46.3 Å². The van der Waals surface area contributed by atoms with Crippen molar-refractivity contribution in [3.8, 4) is 0 Å². The van der Waals surface area contributed by atoms with Crippen molar-refractivity contribution in [3.63, 3.8) is 0 Å². The summed E-state index contributed by atoms with van der Waals surface area (Å²) in [5.74, 6) is -0.318. The van der Waals surface area contributed by atoms with Gasteiger partial charge in [-0.2, -0.15) is 0 Å². The highest BCUT2D eigenvalue weighted by Crippen LogP contribution is 2.33. The number of benzene rings is 1. The van der Waals surface area contributed by atoms with Crippen LogP contribution in [0.15, 0.2) is 24.3 Å². The molecule has 0 aliphatic carbocycles. The van der Waals surface area contributed by atoms with Crippen LogP contribution in [-0.2, 0) is 4.79 Å². The first kappa shape index (κ1) is 11.1. The average molecular weight is 222 g/mol. The van der Waals surface area contributed by atoms with Crippen molar-refractivity contribution >= 4 is 11.6 Å². The quantitative estimate of drug-likeness (QED) is 0.785. The number of rotatable bonds is 1. The van der Waals surface area contributed by atoms with Crippen LogP contribution in [0.2, 0.25) is 0 Å². The second-order valence-corrected chi connectivity index (χ2v) is 4.67. The number of nitrogens with two attached hydrogens (primary N) is 1. The summed E-state index contributed by atoms with van der Waals surface area (Å²) in [6.45, 7) is 3.85. The third-order valence-corrected chi connectivity index (χ3v) is 3.21. The highest BCUT2D eigenvalue weighted by Gasteiger charge is 2.44. The molecule has 86 valence electrons. The van der Waals surface area contributed by atoms with E-state index < -0.39 is 5.54 Å². The summed E-state index contributed by atoms with van der Waals surface area (Å²) in [6.07, 6.45) is 0.338. The predicted molar refractivity (Wildman–Crippen MR) is 60.6 cm³/mol. The first-order valence-corrected chi connectivity index (χ1v) is 5.27. The summed E-state index contributed by atoms with van der Waals surface area (Å²) in [5.41, 5.74) is 6.20. The second-order valence-electron chi connectivity index (χ2n) is 4.67. The monoisotopic (exact) mass is 222 g/mol. The molecule has 0 saturated carbocycles. The molecule has 1 aliphatic rings. The van der Waals surface area contributed by atoms with Gasteiger partial charge in [0.25, 0.3) is 0 Å². The van der Waals surface area contributed by atoms with E-state index in [1.807, 2.05) is 13.8 Å². The third kappa shape index (κ3) is 1.59. The van der Waals surface area contributed by atoms with Crippen molar-refractivity contribution < 1.29 is 9.18 Å². The molecular weight excluding hydrogens is 207 g/mol. The molecule has 0 spiro atoms. The fourth-order valence-corrected chi connectivity index (χ4v) is 2.08. The summed E-state index contributed by atoms with van der Waals surface area (Å²) >= 11 is 0. The first-order valence-electron chi connectivity index (χ1n) is 5.27. The number of amides is 1. The molecule has 1 saturated heterocycles. The standard InChI is InChI=1S/C12H15FN2O/c1-12(2)10(14)7-11(16)15(12)9-5-3-8(13)4-6-9/h3-6,10H,7,14H2,1-2H3. The fourth-order valence-electron chi connectivity index (χ4n) is 2.08. The van der Waals surface area contributed by atoms with E-state index in [1.54, 1.807) is 17.0 Å². The van der Waals surface area contributed by atoms with Gasteiger partial charge in [0, 0.05) is 18.2 Å². The van der Waals surface area contributed by atoms with Crippen molar-refractivity contribution in [1.29, 1.82) is 0 Å². The molecule has 1 fully saturated rings. The molecule has 3 nitrogen and oxygen atoms in total. The van der Waals surface area contributed by atoms with Gasteiger partial charge >= 0.3 is 0 Å². The van der Waals surface area contributed by atoms with E-state index in [9.17, 15) is 9.18 Å². The molecule has 1 unspecified atom stereocenters. The normalized spacial score (nSPS) is 23.9. The molecule has 1 heterocycles. The van der Waals surface area contributed by atoms with Crippen LogP contribution in [0.4, 0.5) is 10.1 Å². The minimum Gasteiger partial charge on any atom is -0.325 e. The van der Waals surface area contributed by atoms with Gasteiger partial charge in [-0.25, -0.2) is 4.39 Å². The first-order chi connectivity index (χ1) is 7.43. The van der Waals surface area contributed by atoms with Crippen LogP contribution in [0.25, 0.3) is 0 Å². The Morgan fingerprint density at radius 3 is 2.38 bits per heavy atom. The lowest BCUT2D eigenvalue weighted by molar-refractivity contribution is -0.117. The lowest BCUT2D eigenvalue weighted by Gasteiger charge is -2.34. The Labute approximate surface area is 94.0 Å². The summed E-state index contributed by atoms with van der Waals surface area (Å²) in [4.78, 5) is 13.5. The molecule has 0 bridgehead atoms. The van der Waals surface area contributed by atoms with E-state index in [0.717, 1.165) is 0 Å². The Bertz CT molecular complexity index is 414. The van der Waals surface area contributed by atoms with Crippen molar-refractivity contribution in [2.45, 2.75) is 31.8 Å². The molecular formula is C12H15FN2O. The van der Waals surface area contributed by atoms with Crippen LogP contribution in [0.1, 0.15) is 20.3 Å². The Balaban J connectivity index is 2.40. The highest BCUT2D eigenvalue weighted by molar-refractivity contribution is 5.98. The lowest BCUT2D eigenvalue weighted by atomic mass is 9.96. The third-order valence-electron chi connectivity index (χ3n) is 3.21. The molecule has 2 rings (SSSR count). The molecule has 16 heavy (non-hydrogen) atoms. The Morgan fingerprint density at radius 1 is 1.38 bits per heavy atom. The maximum Gasteiger partial charge on any atom is 0.229 e. The van der Waals surface area contributed by atoms with Gasteiger partial charge in [0.1, 0.15) is 5.82 Å². The SMILES string of the molecule is CC1(C)C(N)CC(=O)N1c1ccc(F)cc1. The molecule has 1 atom stereocenters. The number of hydrogen-bond donors (Lipinski definition) is 1. The second kappa shape index (κ2) is 3.56. The molecule has 2 N–H and O–H groups in total. The van der Waals surface area contributed by atoms with Gasteiger partial charge in [-0.1, -0.05) is 0 Å². The van der Waals surface area contributed by atoms with Crippen LogP contribution in [0.5, 0.6) is 0 Å². The van der Waals surface area contributed by atoms with E-state index in [-0.39, 0.29) is 17.8 Å². The molecule has 1 aromatic carbocycles. The van der Waals surface area contributed by atoms with Crippen molar-refractivity contribution in [2.24, 2.45) is 5.73 Å². The smallest absolute Gasteiger partial charge is 0.229 e. The Hall–Kier alpha value is -1.42. The molecule has 1 aliphatic heterocycles. The number of anilines is 1. The van der Waals surface area contributed by atoms with Crippen molar-refractivity contribution in [2.75, 3.05) is 4.90 Å². The summed E-state index contributed by atoms with van der Waals surface area (Å²) in [6, 6.07) is 5.72. The van der Waals surface area contributed by atoms with Gasteiger partial charge in [0.2, 0.25) is 5.91 Å². The zero-order chi connectivity index (χ0) is 11.9. The van der Waals surface area contributed by atoms with Crippen LogP contribution in [0, 0.1) is 5.82 Å². The highest BCUT2D eigenvalue weighted by atomic mass is 19.1. The van der Waals surface area contributed by atoms with Crippen molar-refractivity contribution in [1.82, 2.24) is 0 Å². The number of carbonyl (C=O) groups excluding carboxylic acids is 1. The van der Waals surface area contributed by atoms with Gasteiger partial charge < -0.3 is 10.6 Å². The van der Waals surface area contributed by atoms with E-state index in [0.29, 0.717) is 12.1 Å². The number of carbonyl (C=O) groups is 1. The summed E-state index contributed by atoms with van der Waals surface area (Å²) in [7, 11) is 0. The van der Waals surface area contributed by atoms with Crippen LogP contribution >= 0.6 is 0 Å². The zero-order valence-corrected chi connectivity index (χ0v) is 9.40. The van der Waals surface area contributed by atoms with Gasteiger partial charge in [0.05, 0.1) is 5.54 Å².